The molecule has 3 aromatic rings. The van der Waals surface area contributed by atoms with Crippen LogP contribution >= 0.6 is 0 Å². The Balaban J connectivity index is 1.70. The Bertz CT molecular complexity index is 1300. The lowest BCUT2D eigenvalue weighted by molar-refractivity contribution is -0.143. The van der Waals surface area contributed by atoms with Gasteiger partial charge in [-0.3, -0.25) is 9.69 Å². The summed E-state index contributed by atoms with van der Waals surface area (Å²) >= 11 is 0. The minimum Gasteiger partial charge on any atom is -0.466 e. The molecule has 2 atom stereocenters. The average molecular weight is 529 g/mol. The summed E-state index contributed by atoms with van der Waals surface area (Å²) in [5, 5.41) is 1.53. The van der Waals surface area contributed by atoms with E-state index >= 15 is 0 Å². The summed E-state index contributed by atoms with van der Waals surface area (Å²) in [4.78, 5) is 15.4. The van der Waals surface area contributed by atoms with Crippen molar-refractivity contribution in [3.05, 3.63) is 93.5 Å². The van der Waals surface area contributed by atoms with Gasteiger partial charge in [0, 0.05) is 32.6 Å². The Morgan fingerprint density at radius 3 is 2.54 bits per heavy atom. The van der Waals surface area contributed by atoms with Crippen LogP contribution in [0.5, 0.6) is 0 Å². The monoisotopic (exact) mass is 528 g/mol. The van der Waals surface area contributed by atoms with E-state index in [-0.39, 0.29) is 18.3 Å². The first-order valence-electron chi connectivity index (χ1n) is 14.1. The zero-order valence-electron chi connectivity index (χ0n) is 24.2. The van der Waals surface area contributed by atoms with E-state index in [2.05, 4.69) is 61.2 Å². The molecule has 3 aromatic carbocycles. The molecular weight excluding hydrogens is 484 g/mol. The first-order chi connectivity index (χ1) is 18.7. The molecule has 0 spiro atoms. The molecule has 0 aromatic heterocycles. The Morgan fingerprint density at radius 2 is 1.85 bits per heavy atom. The number of carbonyl (C=O) groups is 1. The van der Waals surface area contributed by atoms with Crippen molar-refractivity contribution in [3.8, 4) is 0 Å². The maximum Gasteiger partial charge on any atom is 0.306 e. The van der Waals surface area contributed by atoms with Gasteiger partial charge in [0.25, 0.3) is 0 Å². The molecule has 0 amide bonds. The van der Waals surface area contributed by atoms with Gasteiger partial charge in [0.2, 0.25) is 0 Å². The van der Waals surface area contributed by atoms with E-state index in [1.54, 1.807) is 7.05 Å². The van der Waals surface area contributed by atoms with E-state index < -0.39 is 0 Å². The number of nitrogens with two attached hydrogens (primary N) is 2. The van der Waals surface area contributed by atoms with Crippen molar-refractivity contribution >= 4 is 17.3 Å². The van der Waals surface area contributed by atoms with Gasteiger partial charge in [0.1, 0.15) is 0 Å². The van der Waals surface area contributed by atoms with Gasteiger partial charge in [0.15, 0.2) is 0 Å². The number of ether oxygens (including phenoxy) is 1. The predicted octanol–water partition coefficient (Wildman–Crippen LogP) is 5.87. The summed E-state index contributed by atoms with van der Waals surface area (Å²) < 4.78 is 5.39. The number of nitrogens with zero attached hydrogens (tertiary/aromatic N) is 2. The molecule has 0 saturated carbocycles. The Morgan fingerprint density at radius 1 is 1.10 bits per heavy atom. The maximum absolute atomic E-state index is 12.8. The molecule has 1 aliphatic heterocycles. The number of hydrazine groups is 1. The van der Waals surface area contributed by atoms with Gasteiger partial charge >= 0.3 is 5.97 Å². The van der Waals surface area contributed by atoms with Crippen LogP contribution in [0.3, 0.4) is 0 Å². The summed E-state index contributed by atoms with van der Waals surface area (Å²) in [5.74, 6) is 6.26. The van der Waals surface area contributed by atoms with Crippen molar-refractivity contribution in [2.75, 3.05) is 30.9 Å². The second-order valence-electron chi connectivity index (χ2n) is 11.0. The molecule has 6 nitrogen and oxygen atoms in total. The number of aryl methyl sites for hydroxylation is 1. The largest absolute Gasteiger partial charge is 0.466 e. The zero-order valence-corrected chi connectivity index (χ0v) is 24.2. The van der Waals surface area contributed by atoms with Crippen LogP contribution in [-0.2, 0) is 29.0 Å². The van der Waals surface area contributed by atoms with Crippen molar-refractivity contribution in [2.24, 2.45) is 11.8 Å². The second-order valence-corrected chi connectivity index (χ2v) is 11.0. The van der Waals surface area contributed by atoms with E-state index in [9.17, 15) is 4.79 Å². The highest BCUT2D eigenvalue weighted by Gasteiger charge is 2.25. The highest BCUT2D eigenvalue weighted by molar-refractivity contribution is 5.75. The summed E-state index contributed by atoms with van der Waals surface area (Å²) in [6.45, 7) is 11.6. The second kappa shape index (κ2) is 12.7. The van der Waals surface area contributed by atoms with Crippen molar-refractivity contribution in [2.45, 2.75) is 66.0 Å². The number of esters is 1. The molecule has 1 aliphatic rings. The fourth-order valence-corrected chi connectivity index (χ4v) is 5.88. The van der Waals surface area contributed by atoms with Crippen LogP contribution in [-0.4, -0.2) is 31.1 Å². The molecule has 4 rings (SSSR count). The van der Waals surface area contributed by atoms with Gasteiger partial charge < -0.3 is 15.5 Å². The normalized spacial score (nSPS) is 16.3. The van der Waals surface area contributed by atoms with Crippen molar-refractivity contribution in [1.82, 2.24) is 4.90 Å². The van der Waals surface area contributed by atoms with Gasteiger partial charge in [0.05, 0.1) is 24.4 Å². The molecule has 0 saturated heterocycles. The van der Waals surface area contributed by atoms with Crippen molar-refractivity contribution < 1.29 is 9.53 Å². The first kappa shape index (κ1) is 28.7. The molecule has 0 bridgehead atoms. The molecule has 0 radical (unpaired) electrons. The van der Waals surface area contributed by atoms with Gasteiger partial charge in [-0.2, -0.15) is 0 Å². The highest BCUT2D eigenvalue weighted by atomic mass is 16.5. The number of fused-ring (bicyclic) bond motifs is 1. The average Bonchev–Trinajstić information content (AvgIpc) is 3.09. The lowest BCUT2D eigenvalue weighted by Crippen LogP contribution is -2.27. The third-order valence-corrected chi connectivity index (χ3v) is 8.25. The van der Waals surface area contributed by atoms with Gasteiger partial charge in [-0.1, -0.05) is 61.9 Å². The standard InChI is InChI=1S/C33H44N4O2/c1-6-24-16-25-10-8-9-11-27(25)20-37(19-24)21-28-17-26(13-12-22(28)3)30(18-32(38)39-7-2)29-14-15-31(36(5)35)33(34)23(29)4/h8-15,17,24,30H,6-7,16,18-21,34-35H2,1-5H3. The number of rotatable bonds is 9. The van der Waals surface area contributed by atoms with Crippen LogP contribution in [0.2, 0.25) is 0 Å². The lowest BCUT2D eigenvalue weighted by Gasteiger charge is -2.27. The number of hydrogen-bond donors (Lipinski definition) is 2. The lowest BCUT2D eigenvalue weighted by atomic mass is 9.84. The van der Waals surface area contributed by atoms with Crippen LogP contribution in [0.1, 0.15) is 71.6 Å². The molecule has 0 fully saturated rings. The van der Waals surface area contributed by atoms with E-state index in [1.165, 1.54) is 33.7 Å². The molecular formula is C33H44N4O2. The fraction of sp³-hybridized carbons (Fsp3) is 0.424. The predicted molar refractivity (Wildman–Crippen MR) is 160 cm³/mol. The molecule has 6 heteroatoms. The number of carbonyl (C=O) groups excluding carboxylic acids is 1. The zero-order chi connectivity index (χ0) is 28.1. The quantitative estimate of drug-likeness (QED) is 0.157. The van der Waals surface area contributed by atoms with Gasteiger partial charge in [-0.15, -0.1) is 0 Å². The Labute approximate surface area is 233 Å². The number of nitrogen functional groups attached to an aromatic ring is 1. The minimum atomic E-state index is -0.211. The van der Waals surface area contributed by atoms with Crippen LogP contribution in [0.4, 0.5) is 11.4 Å². The third-order valence-electron chi connectivity index (χ3n) is 8.25. The first-order valence-corrected chi connectivity index (χ1v) is 14.1. The minimum absolute atomic E-state index is 0.170. The molecule has 2 unspecified atom stereocenters. The van der Waals surface area contributed by atoms with E-state index in [4.69, 9.17) is 16.3 Å². The van der Waals surface area contributed by atoms with Crippen LogP contribution in [0, 0.1) is 19.8 Å². The Hall–Kier alpha value is -3.35. The molecule has 0 aliphatic carbocycles. The maximum atomic E-state index is 12.8. The molecule has 1 heterocycles. The smallest absolute Gasteiger partial charge is 0.306 e. The number of hydrogen-bond acceptors (Lipinski definition) is 6. The molecule has 208 valence electrons. The third kappa shape index (κ3) is 6.63. The summed E-state index contributed by atoms with van der Waals surface area (Å²) in [6, 6.07) is 19.5. The van der Waals surface area contributed by atoms with Gasteiger partial charge in [-0.25, -0.2) is 5.84 Å². The molecule has 4 N–H and O–H groups in total. The highest BCUT2D eigenvalue weighted by Crippen LogP contribution is 2.37. The topological polar surface area (TPSA) is 84.8 Å². The number of benzene rings is 3. The molecule has 39 heavy (non-hydrogen) atoms. The van der Waals surface area contributed by atoms with Crippen LogP contribution < -0.4 is 16.6 Å². The van der Waals surface area contributed by atoms with Crippen LogP contribution in [0.15, 0.2) is 54.6 Å². The van der Waals surface area contributed by atoms with E-state index in [0.29, 0.717) is 18.2 Å². The van der Waals surface area contributed by atoms with Crippen molar-refractivity contribution in [1.29, 1.82) is 0 Å². The fourth-order valence-electron chi connectivity index (χ4n) is 5.88. The summed E-state index contributed by atoms with van der Waals surface area (Å²) in [6.07, 6.45) is 2.56. The van der Waals surface area contributed by atoms with E-state index in [1.807, 2.05) is 26.0 Å². The Kier molecular flexibility index (Phi) is 9.31. The van der Waals surface area contributed by atoms with Crippen molar-refractivity contribution in [3.63, 3.8) is 0 Å². The summed E-state index contributed by atoms with van der Waals surface area (Å²) in [5.41, 5.74) is 16.4. The SMILES string of the molecule is CCOC(=O)CC(c1ccc(C)c(CN2Cc3ccccc3CC(CC)C2)c1)c1ccc(N(C)N)c(N)c1C. The van der Waals surface area contributed by atoms with Gasteiger partial charge in [-0.05, 0) is 78.1 Å². The summed E-state index contributed by atoms with van der Waals surface area (Å²) in [7, 11) is 1.78. The number of anilines is 2. The van der Waals surface area contributed by atoms with E-state index in [0.717, 1.165) is 48.4 Å². The van der Waals surface area contributed by atoms with Crippen LogP contribution in [0.25, 0.3) is 0 Å².